The van der Waals surface area contributed by atoms with Crippen LogP contribution in [0.25, 0.3) is 11.0 Å². The predicted octanol–water partition coefficient (Wildman–Crippen LogP) is 1.84. The highest BCUT2D eigenvalue weighted by atomic mass is 16.3. The van der Waals surface area contributed by atoms with Gasteiger partial charge in [0, 0.05) is 5.39 Å². The molecule has 1 aromatic heterocycles. The highest BCUT2D eigenvalue weighted by molar-refractivity contribution is 6.04. The maximum absolute atomic E-state index is 11.0. The van der Waals surface area contributed by atoms with E-state index in [-0.39, 0.29) is 0 Å². The summed E-state index contributed by atoms with van der Waals surface area (Å²) in [6, 6.07) is 5.36. The zero-order valence-electron chi connectivity index (χ0n) is 7.20. The normalized spacial score (nSPS) is 10.5. The molecule has 0 unspecified atom stereocenters. The summed E-state index contributed by atoms with van der Waals surface area (Å²) in [4.78, 5) is 11.0. The minimum atomic E-state index is -0.458. The Morgan fingerprint density at radius 2 is 2.23 bits per heavy atom. The van der Waals surface area contributed by atoms with Crippen molar-refractivity contribution in [1.29, 1.82) is 0 Å². The van der Waals surface area contributed by atoms with Gasteiger partial charge in [0.05, 0.1) is 11.8 Å². The van der Waals surface area contributed by atoms with Gasteiger partial charge in [0.1, 0.15) is 5.58 Å². The predicted molar refractivity (Wildman–Crippen MR) is 49.5 cm³/mol. The van der Waals surface area contributed by atoms with Crippen LogP contribution in [0.5, 0.6) is 0 Å². The molecule has 0 radical (unpaired) electrons. The van der Waals surface area contributed by atoms with E-state index in [1.165, 1.54) is 0 Å². The Bertz CT molecular complexity index is 471. The first kappa shape index (κ1) is 7.86. The van der Waals surface area contributed by atoms with Crippen molar-refractivity contribution in [2.75, 3.05) is 0 Å². The van der Waals surface area contributed by atoms with Crippen molar-refractivity contribution in [3.05, 3.63) is 35.6 Å². The number of nitrogens with two attached hydrogens (primary N) is 1. The summed E-state index contributed by atoms with van der Waals surface area (Å²) in [5, 5.41) is 0.941. The van der Waals surface area contributed by atoms with Gasteiger partial charge in [-0.3, -0.25) is 4.79 Å². The summed E-state index contributed by atoms with van der Waals surface area (Å²) in [5.41, 5.74) is 7.21. The van der Waals surface area contributed by atoms with Crippen molar-refractivity contribution in [3.8, 4) is 0 Å². The Balaban J connectivity index is 2.84. The number of furan rings is 1. The summed E-state index contributed by atoms with van der Waals surface area (Å²) in [7, 11) is 0. The number of benzene rings is 1. The molecule has 0 aliphatic rings. The monoisotopic (exact) mass is 175 g/mol. The molecule has 0 aliphatic heterocycles. The third-order valence-electron chi connectivity index (χ3n) is 2.06. The smallest absolute Gasteiger partial charge is 0.252 e. The molecule has 1 amide bonds. The number of carbonyl (C=O) groups is 1. The van der Waals surface area contributed by atoms with Crippen LogP contribution in [-0.4, -0.2) is 5.91 Å². The van der Waals surface area contributed by atoms with E-state index < -0.39 is 5.91 Å². The van der Waals surface area contributed by atoms with E-state index >= 15 is 0 Å². The summed E-state index contributed by atoms with van der Waals surface area (Å²) in [6.07, 6.45) is 1.62. The Hall–Kier alpha value is -1.77. The first-order valence-corrected chi connectivity index (χ1v) is 3.97. The molecule has 0 bridgehead atoms. The van der Waals surface area contributed by atoms with Crippen LogP contribution in [0.2, 0.25) is 0 Å². The van der Waals surface area contributed by atoms with Gasteiger partial charge < -0.3 is 10.2 Å². The van der Waals surface area contributed by atoms with Gasteiger partial charge in [-0.25, -0.2) is 0 Å². The molecule has 0 saturated carbocycles. The van der Waals surface area contributed by atoms with Crippen molar-refractivity contribution in [1.82, 2.24) is 0 Å². The lowest BCUT2D eigenvalue weighted by Gasteiger charge is -1.95. The van der Waals surface area contributed by atoms with Gasteiger partial charge in [-0.05, 0) is 18.6 Å². The number of primary amides is 1. The van der Waals surface area contributed by atoms with Crippen LogP contribution >= 0.6 is 0 Å². The van der Waals surface area contributed by atoms with Gasteiger partial charge in [-0.2, -0.15) is 0 Å². The summed E-state index contributed by atoms with van der Waals surface area (Å²) >= 11 is 0. The number of aryl methyl sites for hydroxylation is 1. The zero-order valence-corrected chi connectivity index (χ0v) is 7.20. The van der Waals surface area contributed by atoms with Gasteiger partial charge >= 0.3 is 0 Å². The second kappa shape index (κ2) is 2.62. The van der Waals surface area contributed by atoms with Crippen molar-refractivity contribution in [3.63, 3.8) is 0 Å². The van der Waals surface area contributed by atoms with Crippen molar-refractivity contribution in [2.24, 2.45) is 5.73 Å². The van der Waals surface area contributed by atoms with Crippen LogP contribution < -0.4 is 5.73 Å². The van der Waals surface area contributed by atoms with Gasteiger partial charge in [-0.15, -0.1) is 0 Å². The molecule has 0 saturated heterocycles. The maximum atomic E-state index is 11.0. The van der Waals surface area contributed by atoms with E-state index in [0.29, 0.717) is 11.1 Å². The second-order valence-electron chi connectivity index (χ2n) is 2.97. The molecule has 1 heterocycles. The minimum absolute atomic E-state index is 0.436. The van der Waals surface area contributed by atoms with E-state index in [9.17, 15) is 4.79 Å². The zero-order chi connectivity index (χ0) is 9.42. The van der Waals surface area contributed by atoms with Crippen molar-refractivity contribution < 1.29 is 9.21 Å². The lowest BCUT2D eigenvalue weighted by Crippen LogP contribution is -2.10. The lowest BCUT2D eigenvalue weighted by molar-refractivity contribution is 0.100. The fourth-order valence-corrected chi connectivity index (χ4v) is 1.38. The van der Waals surface area contributed by atoms with Crippen LogP contribution in [0, 0.1) is 6.92 Å². The van der Waals surface area contributed by atoms with E-state index in [1.807, 2.05) is 13.0 Å². The van der Waals surface area contributed by atoms with Crippen LogP contribution in [0.3, 0.4) is 0 Å². The highest BCUT2D eigenvalue weighted by Gasteiger charge is 2.10. The molecule has 0 aliphatic carbocycles. The van der Waals surface area contributed by atoms with E-state index in [4.69, 9.17) is 10.2 Å². The number of amides is 1. The fraction of sp³-hybridized carbons (Fsp3) is 0.100. The average Bonchev–Trinajstić information content (AvgIpc) is 2.48. The number of rotatable bonds is 1. The molecule has 3 nitrogen and oxygen atoms in total. The molecule has 1 aromatic carbocycles. The number of hydrogen-bond donors (Lipinski definition) is 1. The van der Waals surface area contributed by atoms with Gasteiger partial charge in [-0.1, -0.05) is 12.1 Å². The maximum Gasteiger partial charge on any atom is 0.252 e. The molecule has 3 heteroatoms. The topological polar surface area (TPSA) is 56.2 Å². The van der Waals surface area contributed by atoms with Gasteiger partial charge in [0.2, 0.25) is 0 Å². The SMILES string of the molecule is Cc1coc2c(C(N)=O)cccc12. The molecule has 2 aromatic rings. The fourth-order valence-electron chi connectivity index (χ4n) is 1.38. The number of carbonyl (C=O) groups excluding carboxylic acids is 1. The largest absolute Gasteiger partial charge is 0.463 e. The molecule has 0 fully saturated rings. The summed E-state index contributed by atoms with van der Waals surface area (Å²) in [6.45, 7) is 1.93. The molecule has 0 atom stereocenters. The van der Waals surface area contributed by atoms with Gasteiger partial charge in [0.15, 0.2) is 0 Å². The first-order chi connectivity index (χ1) is 6.20. The number of para-hydroxylation sites is 1. The second-order valence-corrected chi connectivity index (χ2v) is 2.97. The van der Waals surface area contributed by atoms with E-state index in [1.54, 1.807) is 18.4 Å². The Morgan fingerprint density at radius 1 is 1.46 bits per heavy atom. The third kappa shape index (κ3) is 1.09. The quantitative estimate of drug-likeness (QED) is 0.718. The summed E-state index contributed by atoms with van der Waals surface area (Å²) in [5.74, 6) is -0.458. The minimum Gasteiger partial charge on any atom is -0.463 e. The average molecular weight is 175 g/mol. The standard InChI is InChI=1S/C10H9NO2/c1-6-5-13-9-7(6)3-2-4-8(9)10(11)12/h2-5H,1H3,(H2,11,12). The first-order valence-electron chi connectivity index (χ1n) is 3.97. The number of hydrogen-bond acceptors (Lipinski definition) is 2. The van der Waals surface area contributed by atoms with Crippen LogP contribution in [-0.2, 0) is 0 Å². The molecule has 0 spiro atoms. The van der Waals surface area contributed by atoms with Crippen LogP contribution in [0.1, 0.15) is 15.9 Å². The third-order valence-corrected chi connectivity index (χ3v) is 2.06. The molecular weight excluding hydrogens is 166 g/mol. The Morgan fingerprint density at radius 3 is 2.92 bits per heavy atom. The molecule has 2 rings (SSSR count). The number of fused-ring (bicyclic) bond motifs is 1. The Kier molecular flexibility index (Phi) is 1.59. The highest BCUT2D eigenvalue weighted by Crippen LogP contribution is 2.23. The lowest BCUT2D eigenvalue weighted by atomic mass is 10.1. The van der Waals surface area contributed by atoms with Crippen LogP contribution in [0.15, 0.2) is 28.9 Å². The van der Waals surface area contributed by atoms with Crippen molar-refractivity contribution >= 4 is 16.9 Å². The molecule has 2 N–H and O–H groups in total. The Labute approximate surface area is 75.1 Å². The van der Waals surface area contributed by atoms with E-state index in [0.717, 1.165) is 10.9 Å². The van der Waals surface area contributed by atoms with Crippen LogP contribution in [0.4, 0.5) is 0 Å². The molecule has 66 valence electrons. The van der Waals surface area contributed by atoms with Gasteiger partial charge in [0.25, 0.3) is 5.91 Å². The van der Waals surface area contributed by atoms with Crippen molar-refractivity contribution in [2.45, 2.75) is 6.92 Å². The summed E-state index contributed by atoms with van der Waals surface area (Å²) < 4.78 is 5.24. The van der Waals surface area contributed by atoms with E-state index in [2.05, 4.69) is 0 Å². The molecular formula is C10H9NO2. The molecule has 13 heavy (non-hydrogen) atoms.